The molecular formula is C17H15FN2O5. The number of nitro groups is 1. The normalized spacial score (nSPS) is 15.7. The lowest BCUT2D eigenvalue weighted by Crippen LogP contribution is -2.42. The Bertz CT molecular complexity index is 840. The van der Waals surface area contributed by atoms with E-state index in [0.717, 1.165) is 23.8 Å². The van der Waals surface area contributed by atoms with E-state index in [1.165, 1.54) is 0 Å². The minimum Gasteiger partial charge on any atom is -0.497 e. The number of amides is 1. The minimum absolute atomic E-state index is 0.188. The maximum Gasteiger partial charge on any atom is 0.285 e. The van der Waals surface area contributed by atoms with Gasteiger partial charge < -0.3 is 14.8 Å². The summed E-state index contributed by atoms with van der Waals surface area (Å²) in [6, 6.07) is 7.89. The van der Waals surface area contributed by atoms with Crippen LogP contribution >= 0.6 is 0 Å². The van der Waals surface area contributed by atoms with Crippen LogP contribution in [-0.4, -0.2) is 30.6 Å². The number of carbonyl (C=O) groups is 1. The molecule has 1 aliphatic heterocycles. The third-order valence-electron chi connectivity index (χ3n) is 3.92. The van der Waals surface area contributed by atoms with Crippen molar-refractivity contribution in [1.82, 2.24) is 5.32 Å². The molecule has 0 saturated carbocycles. The molecule has 130 valence electrons. The van der Waals surface area contributed by atoms with Gasteiger partial charge in [-0.2, -0.15) is 0 Å². The molecule has 0 spiro atoms. The number of hydrogen-bond acceptors (Lipinski definition) is 5. The number of rotatable bonds is 4. The SMILES string of the molecule is COc1ccc2c(c1)OC[C@H](NC(=O)c1ccc(F)cc1[N+](=O)[O-])C2. The second kappa shape index (κ2) is 6.76. The number of methoxy groups -OCH3 is 1. The molecule has 1 heterocycles. The first-order valence-electron chi connectivity index (χ1n) is 7.52. The van der Waals surface area contributed by atoms with Gasteiger partial charge in [0.25, 0.3) is 11.6 Å². The molecule has 1 atom stereocenters. The molecule has 8 heteroatoms. The summed E-state index contributed by atoms with van der Waals surface area (Å²) in [6.45, 7) is 0.223. The zero-order chi connectivity index (χ0) is 18.0. The fraction of sp³-hybridized carbons (Fsp3) is 0.235. The zero-order valence-electron chi connectivity index (χ0n) is 13.3. The summed E-state index contributed by atoms with van der Waals surface area (Å²) in [5.74, 6) is -0.0647. The summed E-state index contributed by atoms with van der Waals surface area (Å²) in [4.78, 5) is 22.6. The van der Waals surface area contributed by atoms with E-state index in [-0.39, 0.29) is 18.2 Å². The lowest BCUT2D eigenvalue weighted by atomic mass is 10.0. The highest BCUT2D eigenvalue weighted by Crippen LogP contribution is 2.29. The Labute approximate surface area is 142 Å². The monoisotopic (exact) mass is 346 g/mol. The van der Waals surface area contributed by atoms with Crippen molar-refractivity contribution in [3.05, 3.63) is 63.5 Å². The second-order valence-electron chi connectivity index (χ2n) is 5.58. The summed E-state index contributed by atoms with van der Waals surface area (Å²) in [7, 11) is 1.56. The van der Waals surface area contributed by atoms with Gasteiger partial charge in [0.1, 0.15) is 29.5 Å². The number of carbonyl (C=O) groups excluding carboxylic acids is 1. The van der Waals surface area contributed by atoms with Gasteiger partial charge in [0.2, 0.25) is 0 Å². The van der Waals surface area contributed by atoms with E-state index in [1.807, 2.05) is 6.07 Å². The largest absolute Gasteiger partial charge is 0.497 e. The van der Waals surface area contributed by atoms with E-state index in [0.29, 0.717) is 17.9 Å². The average molecular weight is 346 g/mol. The Morgan fingerprint density at radius 2 is 2.16 bits per heavy atom. The molecule has 25 heavy (non-hydrogen) atoms. The molecule has 0 aromatic heterocycles. The molecule has 0 unspecified atom stereocenters. The molecule has 2 aromatic rings. The van der Waals surface area contributed by atoms with E-state index in [2.05, 4.69) is 5.32 Å². The van der Waals surface area contributed by atoms with E-state index in [9.17, 15) is 19.3 Å². The van der Waals surface area contributed by atoms with Crippen LogP contribution < -0.4 is 14.8 Å². The van der Waals surface area contributed by atoms with E-state index in [4.69, 9.17) is 9.47 Å². The van der Waals surface area contributed by atoms with Crippen LogP contribution in [0.1, 0.15) is 15.9 Å². The van der Waals surface area contributed by atoms with Gasteiger partial charge in [0.05, 0.1) is 24.1 Å². The van der Waals surface area contributed by atoms with Gasteiger partial charge in [0, 0.05) is 6.07 Å². The summed E-state index contributed by atoms with van der Waals surface area (Å²) in [6.07, 6.45) is 0.514. The highest BCUT2D eigenvalue weighted by Gasteiger charge is 2.26. The van der Waals surface area contributed by atoms with E-state index >= 15 is 0 Å². The summed E-state index contributed by atoms with van der Waals surface area (Å²) >= 11 is 0. The maximum atomic E-state index is 13.2. The molecule has 0 bridgehead atoms. The first-order valence-corrected chi connectivity index (χ1v) is 7.52. The number of benzene rings is 2. The van der Waals surface area contributed by atoms with Crippen LogP contribution in [0.5, 0.6) is 11.5 Å². The van der Waals surface area contributed by atoms with Crippen molar-refractivity contribution in [2.45, 2.75) is 12.5 Å². The Hall–Kier alpha value is -3.16. The van der Waals surface area contributed by atoms with Gasteiger partial charge in [-0.3, -0.25) is 14.9 Å². The van der Waals surface area contributed by atoms with Crippen molar-refractivity contribution >= 4 is 11.6 Å². The third-order valence-corrected chi connectivity index (χ3v) is 3.92. The first kappa shape index (κ1) is 16.7. The second-order valence-corrected chi connectivity index (χ2v) is 5.58. The van der Waals surface area contributed by atoms with E-state index < -0.39 is 22.3 Å². The highest BCUT2D eigenvalue weighted by atomic mass is 19.1. The molecule has 0 radical (unpaired) electrons. The van der Waals surface area contributed by atoms with Crippen LogP contribution in [0.2, 0.25) is 0 Å². The third kappa shape index (κ3) is 3.52. The smallest absolute Gasteiger partial charge is 0.285 e. The molecule has 0 fully saturated rings. The lowest BCUT2D eigenvalue weighted by molar-refractivity contribution is -0.385. The number of nitrogens with zero attached hydrogens (tertiary/aromatic N) is 1. The van der Waals surface area contributed by atoms with Gasteiger partial charge in [0.15, 0.2) is 0 Å². The molecule has 7 nitrogen and oxygen atoms in total. The fourth-order valence-corrected chi connectivity index (χ4v) is 2.68. The van der Waals surface area contributed by atoms with E-state index in [1.54, 1.807) is 19.2 Å². The van der Waals surface area contributed by atoms with Gasteiger partial charge in [-0.1, -0.05) is 6.07 Å². The Morgan fingerprint density at radius 3 is 2.88 bits per heavy atom. The van der Waals surface area contributed by atoms with Crippen molar-refractivity contribution in [1.29, 1.82) is 0 Å². The molecule has 2 aromatic carbocycles. The molecule has 0 aliphatic carbocycles. The number of nitrogens with one attached hydrogen (secondary N) is 1. The van der Waals surface area contributed by atoms with Crippen LogP contribution in [-0.2, 0) is 6.42 Å². The zero-order valence-corrected chi connectivity index (χ0v) is 13.3. The predicted molar refractivity (Wildman–Crippen MR) is 86.5 cm³/mol. The summed E-state index contributed by atoms with van der Waals surface area (Å²) < 4.78 is 23.9. The predicted octanol–water partition coefficient (Wildman–Crippen LogP) is 2.48. The first-order chi connectivity index (χ1) is 12.0. The average Bonchev–Trinajstić information content (AvgIpc) is 2.61. The molecule has 3 rings (SSSR count). The molecule has 1 N–H and O–H groups in total. The highest BCUT2D eigenvalue weighted by molar-refractivity contribution is 5.98. The van der Waals surface area contributed by atoms with Crippen molar-refractivity contribution in [2.24, 2.45) is 0 Å². The van der Waals surface area contributed by atoms with Crippen molar-refractivity contribution in [3.63, 3.8) is 0 Å². The van der Waals surface area contributed by atoms with Crippen LogP contribution in [0.15, 0.2) is 36.4 Å². The maximum absolute atomic E-state index is 13.2. The molecular weight excluding hydrogens is 331 g/mol. The summed E-state index contributed by atoms with van der Waals surface area (Å²) in [5, 5.41) is 13.7. The summed E-state index contributed by atoms with van der Waals surface area (Å²) in [5.41, 5.74) is 0.136. The number of halogens is 1. The van der Waals surface area contributed by atoms with Crippen molar-refractivity contribution in [2.75, 3.05) is 13.7 Å². The van der Waals surface area contributed by atoms with Crippen LogP contribution in [0, 0.1) is 15.9 Å². The van der Waals surface area contributed by atoms with Crippen LogP contribution in [0.3, 0.4) is 0 Å². The Balaban J connectivity index is 1.75. The van der Waals surface area contributed by atoms with Gasteiger partial charge in [-0.05, 0) is 30.2 Å². The Kier molecular flexibility index (Phi) is 4.51. The molecule has 1 aliphatic rings. The van der Waals surface area contributed by atoms with Crippen LogP contribution in [0.4, 0.5) is 10.1 Å². The van der Waals surface area contributed by atoms with Gasteiger partial charge in [-0.25, -0.2) is 4.39 Å². The van der Waals surface area contributed by atoms with Crippen molar-refractivity contribution < 1.29 is 23.6 Å². The van der Waals surface area contributed by atoms with Crippen LogP contribution in [0.25, 0.3) is 0 Å². The number of nitro benzene ring substituents is 1. The lowest BCUT2D eigenvalue weighted by Gasteiger charge is -2.26. The minimum atomic E-state index is -0.781. The Morgan fingerprint density at radius 1 is 1.36 bits per heavy atom. The molecule has 1 amide bonds. The number of ether oxygens (including phenoxy) is 2. The quantitative estimate of drug-likeness (QED) is 0.678. The van der Waals surface area contributed by atoms with Gasteiger partial charge >= 0.3 is 0 Å². The molecule has 0 saturated heterocycles. The number of fused-ring (bicyclic) bond motifs is 1. The van der Waals surface area contributed by atoms with Gasteiger partial charge in [-0.15, -0.1) is 0 Å². The standard InChI is InChI=1S/C17H15FN2O5/c1-24-13-4-2-10-6-12(9-25-16(10)8-13)19-17(21)14-5-3-11(18)7-15(14)20(22)23/h2-5,7-8,12H,6,9H2,1H3,(H,19,21)/t12-/m1/s1. The number of hydrogen-bond donors (Lipinski definition) is 1. The van der Waals surface area contributed by atoms with Crippen molar-refractivity contribution in [3.8, 4) is 11.5 Å². The topological polar surface area (TPSA) is 90.7 Å². The fourth-order valence-electron chi connectivity index (χ4n) is 2.68.